The van der Waals surface area contributed by atoms with Gasteiger partial charge in [-0.05, 0) is 49.2 Å². The summed E-state index contributed by atoms with van der Waals surface area (Å²) >= 11 is 0. The maximum Gasteiger partial charge on any atom is 0.336 e. The van der Waals surface area contributed by atoms with Crippen molar-refractivity contribution in [2.75, 3.05) is 19.0 Å². The van der Waals surface area contributed by atoms with Crippen LogP contribution >= 0.6 is 0 Å². The van der Waals surface area contributed by atoms with Crippen molar-refractivity contribution in [1.29, 1.82) is 5.26 Å². The average Bonchev–Trinajstić information content (AvgIpc) is 3.29. The van der Waals surface area contributed by atoms with E-state index in [0.717, 1.165) is 21.9 Å². The van der Waals surface area contributed by atoms with E-state index in [-0.39, 0.29) is 18.0 Å². The van der Waals surface area contributed by atoms with Gasteiger partial charge in [-0.1, -0.05) is 12.1 Å². The lowest BCUT2D eigenvalue weighted by Gasteiger charge is -2.13. The van der Waals surface area contributed by atoms with Gasteiger partial charge in [0.1, 0.15) is 34.2 Å². The molecule has 0 bridgehead atoms. The number of hydrogen-bond acceptors (Lipinski definition) is 8. The molecule has 10 heteroatoms. The number of aromatic nitrogens is 3. The van der Waals surface area contributed by atoms with Crippen molar-refractivity contribution in [3.8, 4) is 23.4 Å². The van der Waals surface area contributed by atoms with Crippen LogP contribution in [0, 0.1) is 25.2 Å². The van der Waals surface area contributed by atoms with E-state index in [9.17, 15) is 14.9 Å². The Hall–Kier alpha value is -5.17. The highest BCUT2D eigenvalue weighted by Gasteiger charge is 2.18. The first-order valence-corrected chi connectivity index (χ1v) is 11.3. The van der Waals surface area contributed by atoms with E-state index in [0.29, 0.717) is 28.4 Å². The molecule has 3 heterocycles. The molecule has 184 valence electrons. The fourth-order valence-corrected chi connectivity index (χ4v) is 4.08. The van der Waals surface area contributed by atoms with Crippen molar-refractivity contribution in [1.82, 2.24) is 14.8 Å². The van der Waals surface area contributed by atoms with Crippen LogP contribution in [0.2, 0.25) is 0 Å². The number of carbonyl (C=O) groups excluding carboxylic acids is 1. The summed E-state index contributed by atoms with van der Waals surface area (Å²) in [7, 11) is 1.57. The van der Waals surface area contributed by atoms with Crippen LogP contribution in [-0.2, 0) is 4.79 Å². The molecule has 0 aliphatic rings. The lowest BCUT2D eigenvalue weighted by Crippen LogP contribution is -2.22. The Morgan fingerprint density at radius 2 is 1.95 bits per heavy atom. The number of pyridine rings is 1. The number of nitriles is 1. The average molecular weight is 495 g/mol. The van der Waals surface area contributed by atoms with Gasteiger partial charge in [0.15, 0.2) is 18.2 Å². The van der Waals surface area contributed by atoms with Crippen LogP contribution in [0.5, 0.6) is 11.5 Å². The second-order valence-electron chi connectivity index (χ2n) is 8.33. The lowest BCUT2D eigenvalue weighted by molar-refractivity contribution is -0.118. The van der Waals surface area contributed by atoms with Gasteiger partial charge < -0.3 is 19.2 Å². The number of carbonyl (C=O) groups is 1. The van der Waals surface area contributed by atoms with Crippen LogP contribution in [0.3, 0.4) is 0 Å². The molecule has 0 atom stereocenters. The first-order valence-electron chi connectivity index (χ1n) is 11.3. The molecule has 0 radical (unpaired) electrons. The lowest BCUT2D eigenvalue weighted by atomic mass is 10.1. The Labute approximate surface area is 210 Å². The Balaban J connectivity index is 1.41. The highest BCUT2D eigenvalue weighted by Crippen LogP contribution is 2.29. The van der Waals surface area contributed by atoms with E-state index in [1.807, 2.05) is 44.2 Å². The quantitative estimate of drug-likeness (QED) is 0.349. The van der Waals surface area contributed by atoms with E-state index in [1.165, 1.54) is 16.9 Å². The number of ether oxygens (including phenoxy) is 2. The topological polar surface area (TPSA) is 132 Å². The molecule has 0 spiro atoms. The molecular weight excluding hydrogens is 474 g/mol. The number of methoxy groups -OCH3 is 1. The van der Waals surface area contributed by atoms with Crippen molar-refractivity contribution in [3.05, 3.63) is 81.8 Å². The van der Waals surface area contributed by atoms with E-state index >= 15 is 0 Å². The SMILES string of the molecule is COc1cccc2c(C)cc(-n3ncc(C#N)c3NC(=O)COc3ccc4c(C)cc(=O)oc4c3)nc12. The van der Waals surface area contributed by atoms with Crippen molar-refractivity contribution in [3.63, 3.8) is 0 Å². The second kappa shape index (κ2) is 9.47. The first-order chi connectivity index (χ1) is 17.9. The van der Waals surface area contributed by atoms with Crippen LogP contribution in [0.1, 0.15) is 16.7 Å². The minimum Gasteiger partial charge on any atom is -0.494 e. The number of amides is 1. The molecule has 0 saturated heterocycles. The molecule has 0 saturated carbocycles. The predicted molar refractivity (Wildman–Crippen MR) is 136 cm³/mol. The van der Waals surface area contributed by atoms with Crippen LogP contribution in [0.25, 0.3) is 27.7 Å². The molecule has 3 aromatic heterocycles. The summed E-state index contributed by atoms with van der Waals surface area (Å²) in [5.74, 6) is 1.00. The number of para-hydroxylation sites is 1. The minimum atomic E-state index is -0.515. The third-order valence-electron chi connectivity index (χ3n) is 5.87. The summed E-state index contributed by atoms with van der Waals surface area (Å²) < 4.78 is 17.7. The third kappa shape index (κ3) is 4.46. The molecule has 1 amide bonds. The molecule has 0 fully saturated rings. The molecule has 1 N–H and O–H groups in total. The minimum absolute atomic E-state index is 0.163. The van der Waals surface area contributed by atoms with Crippen LogP contribution in [0.4, 0.5) is 5.82 Å². The summed E-state index contributed by atoms with van der Waals surface area (Å²) in [5.41, 5.74) is 2.40. The zero-order chi connectivity index (χ0) is 26.1. The van der Waals surface area contributed by atoms with Crippen molar-refractivity contribution in [2.24, 2.45) is 0 Å². The van der Waals surface area contributed by atoms with Gasteiger partial charge in [-0.2, -0.15) is 15.0 Å². The monoisotopic (exact) mass is 495 g/mol. The van der Waals surface area contributed by atoms with Gasteiger partial charge >= 0.3 is 5.63 Å². The highest BCUT2D eigenvalue weighted by atomic mass is 16.5. The number of aryl methyl sites for hydroxylation is 2. The smallest absolute Gasteiger partial charge is 0.336 e. The number of anilines is 1. The Bertz CT molecular complexity index is 1780. The Morgan fingerprint density at radius 3 is 2.73 bits per heavy atom. The number of nitrogens with zero attached hydrogens (tertiary/aromatic N) is 4. The zero-order valence-electron chi connectivity index (χ0n) is 20.2. The molecule has 0 aliphatic carbocycles. The van der Waals surface area contributed by atoms with Crippen molar-refractivity contribution in [2.45, 2.75) is 13.8 Å². The van der Waals surface area contributed by atoms with Crippen LogP contribution in [-0.4, -0.2) is 34.4 Å². The molecular formula is C27H21N5O5. The first kappa shape index (κ1) is 23.6. The summed E-state index contributed by atoms with van der Waals surface area (Å²) in [5, 5.41) is 18.3. The van der Waals surface area contributed by atoms with Crippen molar-refractivity contribution >= 4 is 33.6 Å². The summed E-state index contributed by atoms with van der Waals surface area (Å²) in [6.45, 7) is 3.39. The largest absolute Gasteiger partial charge is 0.494 e. The third-order valence-corrected chi connectivity index (χ3v) is 5.87. The molecule has 0 aliphatic heterocycles. The number of fused-ring (bicyclic) bond motifs is 2. The molecule has 37 heavy (non-hydrogen) atoms. The number of nitrogens with one attached hydrogen (secondary N) is 1. The van der Waals surface area contributed by atoms with Gasteiger partial charge in [0.25, 0.3) is 5.91 Å². The van der Waals surface area contributed by atoms with Crippen LogP contribution in [0.15, 0.2) is 63.9 Å². The van der Waals surface area contributed by atoms with Gasteiger partial charge in [-0.3, -0.25) is 4.79 Å². The Kier molecular flexibility index (Phi) is 6.03. The van der Waals surface area contributed by atoms with Gasteiger partial charge in [0.05, 0.1) is 13.3 Å². The standard InChI is InChI=1S/C27H21N5O5/c1-15-9-23(30-26-20(15)5-4-6-21(26)35-3)32-27(17(12-28)13-29-32)31-24(33)14-36-18-7-8-19-16(2)10-25(34)37-22(19)11-18/h4-11,13H,14H2,1-3H3,(H,31,33). The summed E-state index contributed by atoms with van der Waals surface area (Å²) in [6, 6.07) is 15.9. The molecule has 5 aromatic rings. The number of benzene rings is 2. The summed E-state index contributed by atoms with van der Waals surface area (Å²) in [6.07, 6.45) is 1.35. The van der Waals surface area contributed by atoms with Gasteiger partial charge in [-0.25, -0.2) is 9.78 Å². The number of hydrogen-bond donors (Lipinski definition) is 1. The zero-order valence-corrected chi connectivity index (χ0v) is 20.2. The molecule has 5 rings (SSSR count). The highest BCUT2D eigenvalue weighted by molar-refractivity contribution is 5.93. The van der Waals surface area contributed by atoms with Crippen LogP contribution < -0.4 is 20.4 Å². The number of rotatable bonds is 6. The fourth-order valence-electron chi connectivity index (χ4n) is 4.08. The second-order valence-corrected chi connectivity index (χ2v) is 8.33. The van der Waals surface area contributed by atoms with E-state index < -0.39 is 11.5 Å². The van der Waals surface area contributed by atoms with Gasteiger partial charge in [0, 0.05) is 22.9 Å². The normalized spacial score (nSPS) is 10.9. The van der Waals surface area contributed by atoms with E-state index in [1.54, 1.807) is 25.3 Å². The molecule has 2 aromatic carbocycles. The van der Waals surface area contributed by atoms with Gasteiger partial charge in [-0.15, -0.1) is 0 Å². The fraction of sp³-hybridized carbons (Fsp3) is 0.148. The molecule has 10 nitrogen and oxygen atoms in total. The van der Waals surface area contributed by atoms with E-state index in [4.69, 9.17) is 13.9 Å². The maximum atomic E-state index is 12.8. The van der Waals surface area contributed by atoms with Gasteiger partial charge in [0.2, 0.25) is 0 Å². The predicted octanol–water partition coefficient (Wildman–Crippen LogP) is 4.04. The maximum absolute atomic E-state index is 12.8. The Morgan fingerprint density at radius 1 is 1.14 bits per heavy atom. The van der Waals surface area contributed by atoms with Crippen molar-refractivity contribution < 1.29 is 18.7 Å². The summed E-state index contributed by atoms with van der Waals surface area (Å²) in [4.78, 5) is 29.1. The molecule has 0 unspecified atom stereocenters. The van der Waals surface area contributed by atoms with E-state index in [2.05, 4.69) is 15.4 Å².